The van der Waals surface area contributed by atoms with Crippen LogP contribution in [0.2, 0.25) is 0 Å². The Morgan fingerprint density at radius 1 is 1.30 bits per heavy atom. The first-order chi connectivity index (χ1) is 9.54. The molecule has 2 aliphatic rings. The molecule has 1 fully saturated rings. The molecule has 20 heavy (non-hydrogen) atoms. The van der Waals surface area contributed by atoms with Crippen LogP contribution in [0.15, 0.2) is 30.3 Å². The van der Waals surface area contributed by atoms with Crippen LogP contribution in [-0.4, -0.2) is 16.2 Å². The molecule has 1 saturated carbocycles. The van der Waals surface area contributed by atoms with Crippen molar-refractivity contribution in [2.45, 2.75) is 38.7 Å². The SMILES string of the molecule is CC1(C(=O)O)CCCCC1C1=CC(O)c2ccccc21. The fraction of sp³-hybridized carbons (Fsp3) is 0.471. The average molecular weight is 272 g/mol. The maximum absolute atomic E-state index is 11.7. The summed E-state index contributed by atoms with van der Waals surface area (Å²) in [6.07, 6.45) is 4.88. The van der Waals surface area contributed by atoms with Gasteiger partial charge in [-0.15, -0.1) is 0 Å². The van der Waals surface area contributed by atoms with Crippen LogP contribution in [0, 0.1) is 11.3 Å². The third-order valence-electron chi connectivity index (χ3n) is 5.00. The van der Waals surface area contributed by atoms with Crippen LogP contribution < -0.4 is 0 Å². The van der Waals surface area contributed by atoms with Crippen molar-refractivity contribution in [1.29, 1.82) is 0 Å². The molecule has 1 aromatic carbocycles. The molecular formula is C17H20O3. The first kappa shape index (κ1) is 13.4. The third kappa shape index (κ3) is 1.88. The number of aliphatic hydroxyl groups excluding tert-OH is 1. The predicted octanol–water partition coefficient (Wildman–Crippen LogP) is 3.40. The lowest BCUT2D eigenvalue weighted by Crippen LogP contribution is -2.38. The first-order valence-corrected chi connectivity index (χ1v) is 7.26. The highest BCUT2D eigenvalue weighted by Crippen LogP contribution is 2.51. The summed E-state index contributed by atoms with van der Waals surface area (Å²) < 4.78 is 0. The molecule has 0 spiro atoms. The fourth-order valence-electron chi connectivity index (χ4n) is 3.76. The van der Waals surface area contributed by atoms with Crippen molar-refractivity contribution in [1.82, 2.24) is 0 Å². The molecule has 0 saturated heterocycles. The largest absolute Gasteiger partial charge is 0.481 e. The highest BCUT2D eigenvalue weighted by Gasteiger charge is 2.46. The van der Waals surface area contributed by atoms with E-state index in [4.69, 9.17) is 0 Å². The zero-order chi connectivity index (χ0) is 14.3. The number of carboxylic acid groups (broad SMARTS) is 1. The molecule has 0 heterocycles. The van der Waals surface area contributed by atoms with Crippen LogP contribution >= 0.6 is 0 Å². The molecule has 3 rings (SSSR count). The molecule has 2 N–H and O–H groups in total. The second-order valence-corrected chi connectivity index (χ2v) is 6.18. The molecule has 0 aromatic heterocycles. The van der Waals surface area contributed by atoms with Gasteiger partial charge in [-0.2, -0.15) is 0 Å². The van der Waals surface area contributed by atoms with E-state index in [1.165, 1.54) is 0 Å². The van der Waals surface area contributed by atoms with E-state index in [1.54, 1.807) is 0 Å². The van der Waals surface area contributed by atoms with Crippen molar-refractivity contribution < 1.29 is 15.0 Å². The first-order valence-electron chi connectivity index (χ1n) is 7.26. The lowest BCUT2D eigenvalue weighted by Gasteiger charge is -2.39. The van der Waals surface area contributed by atoms with E-state index in [9.17, 15) is 15.0 Å². The second kappa shape index (κ2) is 4.74. The summed E-state index contributed by atoms with van der Waals surface area (Å²) in [4.78, 5) is 11.7. The molecule has 3 nitrogen and oxygen atoms in total. The second-order valence-electron chi connectivity index (χ2n) is 6.18. The van der Waals surface area contributed by atoms with Crippen LogP contribution in [0.5, 0.6) is 0 Å². The summed E-state index contributed by atoms with van der Waals surface area (Å²) in [5, 5.41) is 19.8. The Balaban J connectivity index is 2.04. The van der Waals surface area contributed by atoms with E-state index in [-0.39, 0.29) is 5.92 Å². The van der Waals surface area contributed by atoms with Gasteiger partial charge in [0.15, 0.2) is 0 Å². The standard InChI is InChI=1S/C17H20O3/c1-17(16(19)20)9-5-4-8-14(17)13-10-15(18)12-7-3-2-6-11(12)13/h2-3,6-7,10,14-15,18H,4-5,8-9H2,1H3,(H,19,20). The van der Waals surface area contributed by atoms with Crippen LogP contribution in [0.4, 0.5) is 0 Å². The van der Waals surface area contributed by atoms with Crippen molar-refractivity contribution in [3.05, 3.63) is 41.5 Å². The quantitative estimate of drug-likeness (QED) is 0.867. The normalized spacial score (nSPS) is 32.6. The van der Waals surface area contributed by atoms with Gasteiger partial charge in [-0.25, -0.2) is 0 Å². The summed E-state index contributed by atoms with van der Waals surface area (Å²) in [5.74, 6) is -0.728. The highest BCUT2D eigenvalue weighted by molar-refractivity contribution is 5.83. The maximum Gasteiger partial charge on any atom is 0.309 e. The fourth-order valence-corrected chi connectivity index (χ4v) is 3.76. The minimum atomic E-state index is -0.721. The van der Waals surface area contributed by atoms with Gasteiger partial charge in [-0.3, -0.25) is 4.79 Å². The summed E-state index contributed by atoms with van der Waals surface area (Å²) in [5.41, 5.74) is 2.24. The van der Waals surface area contributed by atoms with Gasteiger partial charge in [0.2, 0.25) is 0 Å². The van der Waals surface area contributed by atoms with Crippen LogP contribution in [0.25, 0.3) is 5.57 Å². The Kier molecular flexibility index (Phi) is 3.17. The maximum atomic E-state index is 11.7. The molecule has 3 unspecified atom stereocenters. The number of rotatable bonds is 2. The van der Waals surface area contributed by atoms with Gasteiger partial charge in [-0.1, -0.05) is 37.1 Å². The van der Waals surface area contributed by atoms with E-state index in [2.05, 4.69) is 0 Å². The number of carbonyl (C=O) groups is 1. The van der Waals surface area contributed by atoms with Crippen molar-refractivity contribution in [3.63, 3.8) is 0 Å². The summed E-state index contributed by atoms with van der Waals surface area (Å²) in [6, 6.07) is 7.78. The van der Waals surface area contributed by atoms with Crippen molar-refractivity contribution in [2.75, 3.05) is 0 Å². The zero-order valence-corrected chi connectivity index (χ0v) is 11.7. The Morgan fingerprint density at radius 3 is 2.80 bits per heavy atom. The van der Waals surface area contributed by atoms with Crippen molar-refractivity contribution in [2.24, 2.45) is 11.3 Å². The smallest absolute Gasteiger partial charge is 0.309 e. The molecular weight excluding hydrogens is 252 g/mol. The Bertz CT molecular complexity index is 575. The number of benzene rings is 1. The topological polar surface area (TPSA) is 57.5 Å². The third-order valence-corrected chi connectivity index (χ3v) is 5.00. The average Bonchev–Trinajstić information content (AvgIpc) is 2.77. The molecule has 1 aromatic rings. The van der Waals surface area contributed by atoms with Crippen molar-refractivity contribution >= 4 is 11.5 Å². The number of carboxylic acids is 1. The number of allylic oxidation sites excluding steroid dienone is 1. The van der Waals surface area contributed by atoms with Gasteiger partial charge in [0.1, 0.15) is 0 Å². The lowest BCUT2D eigenvalue weighted by atomic mass is 9.64. The molecule has 3 atom stereocenters. The minimum Gasteiger partial charge on any atom is -0.481 e. The lowest BCUT2D eigenvalue weighted by molar-refractivity contribution is -0.151. The molecule has 0 amide bonds. The number of aliphatic hydroxyl groups is 1. The Labute approximate surface area is 118 Å². The number of aliphatic carboxylic acids is 1. The van der Waals surface area contributed by atoms with E-state index < -0.39 is 17.5 Å². The summed E-state index contributed by atoms with van der Waals surface area (Å²) >= 11 is 0. The summed E-state index contributed by atoms with van der Waals surface area (Å²) in [6.45, 7) is 1.85. The minimum absolute atomic E-state index is 0.00736. The molecule has 3 heteroatoms. The molecule has 0 bridgehead atoms. The van der Waals surface area contributed by atoms with Gasteiger partial charge in [0.05, 0.1) is 11.5 Å². The summed E-state index contributed by atoms with van der Waals surface area (Å²) in [7, 11) is 0. The number of hydrogen-bond acceptors (Lipinski definition) is 2. The molecule has 106 valence electrons. The highest BCUT2D eigenvalue weighted by atomic mass is 16.4. The monoisotopic (exact) mass is 272 g/mol. The van der Waals surface area contributed by atoms with Gasteiger partial charge in [0, 0.05) is 5.92 Å². The van der Waals surface area contributed by atoms with Gasteiger partial charge >= 0.3 is 5.97 Å². The van der Waals surface area contributed by atoms with E-state index in [1.807, 2.05) is 37.3 Å². The van der Waals surface area contributed by atoms with Crippen LogP contribution in [0.3, 0.4) is 0 Å². The van der Waals surface area contributed by atoms with Crippen LogP contribution in [-0.2, 0) is 4.79 Å². The molecule has 0 aliphatic heterocycles. The number of fused-ring (bicyclic) bond motifs is 1. The Hall–Kier alpha value is -1.61. The van der Waals surface area contributed by atoms with E-state index >= 15 is 0 Å². The molecule has 0 radical (unpaired) electrons. The molecule has 2 aliphatic carbocycles. The Morgan fingerprint density at radius 2 is 2.05 bits per heavy atom. The van der Waals surface area contributed by atoms with E-state index in [0.29, 0.717) is 6.42 Å². The van der Waals surface area contributed by atoms with Gasteiger partial charge in [-0.05, 0) is 42.5 Å². The predicted molar refractivity (Wildman–Crippen MR) is 77.1 cm³/mol. The van der Waals surface area contributed by atoms with E-state index in [0.717, 1.165) is 36.0 Å². The van der Waals surface area contributed by atoms with Gasteiger partial charge < -0.3 is 10.2 Å². The van der Waals surface area contributed by atoms with Crippen LogP contribution in [0.1, 0.15) is 49.8 Å². The number of hydrogen-bond donors (Lipinski definition) is 2. The zero-order valence-electron chi connectivity index (χ0n) is 11.7. The van der Waals surface area contributed by atoms with Gasteiger partial charge in [0.25, 0.3) is 0 Å². The van der Waals surface area contributed by atoms with Crippen molar-refractivity contribution in [3.8, 4) is 0 Å².